The number of benzene rings is 1. The molecule has 1 aromatic carbocycles. The molecule has 0 radical (unpaired) electrons. The molecule has 4 nitrogen and oxygen atoms in total. The van der Waals surface area contributed by atoms with Gasteiger partial charge < -0.3 is 9.84 Å². The molecule has 0 aliphatic rings. The number of aryl methyl sites for hydroxylation is 1. The molecule has 0 aromatic heterocycles. The molecule has 0 saturated carbocycles. The van der Waals surface area contributed by atoms with E-state index >= 15 is 0 Å². The quantitative estimate of drug-likeness (QED) is 0.365. The van der Waals surface area contributed by atoms with Crippen LogP contribution in [-0.2, 0) is 16.0 Å². The van der Waals surface area contributed by atoms with Crippen molar-refractivity contribution in [3.05, 3.63) is 35.4 Å². The zero-order valence-corrected chi connectivity index (χ0v) is 15.1. The van der Waals surface area contributed by atoms with E-state index < -0.39 is 23.2 Å². The lowest BCUT2D eigenvalue weighted by Gasteiger charge is -2.18. The van der Waals surface area contributed by atoms with Crippen LogP contribution >= 0.6 is 11.8 Å². The van der Waals surface area contributed by atoms with E-state index in [2.05, 4.69) is 4.74 Å². The van der Waals surface area contributed by atoms with Crippen LogP contribution in [0.15, 0.2) is 18.2 Å². The Morgan fingerprint density at radius 3 is 2.68 bits per heavy atom. The Balaban J connectivity index is 2.14. The molecule has 1 atom stereocenters. The van der Waals surface area contributed by atoms with Gasteiger partial charge in [0.2, 0.25) is 0 Å². The predicted octanol–water partition coefficient (Wildman–Crippen LogP) is 3.62. The summed E-state index contributed by atoms with van der Waals surface area (Å²) in [5.41, 5.74) is -1.17. The topological polar surface area (TPSA) is 70.3 Å². The van der Waals surface area contributed by atoms with Gasteiger partial charge in [-0.3, -0.25) is 4.79 Å². The normalized spacial score (nSPS) is 13.1. The van der Waals surface area contributed by atoms with Crippen molar-refractivity contribution in [3.63, 3.8) is 0 Å². The summed E-state index contributed by atoms with van der Waals surface area (Å²) >= 11 is 1.41. The van der Waals surface area contributed by atoms with Gasteiger partial charge in [-0.25, -0.2) is 8.78 Å². The zero-order chi connectivity index (χ0) is 18.7. The molecule has 7 heteroatoms. The van der Waals surface area contributed by atoms with Crippen LogP contribution < -0.4 is 0 Å². The van der Waals surface area contributed by atoms with Crippen LogP contribution in [-0.4, -0.2) is 35.3 Å². The number of esters is 1. The summed E-state index contributed by atoms with van der Waals surface area (Å²) in [7, 11) is 1.21. The standard InChI is InChI=1S/C18H23F2NO3S/c1-24-17(22)11-18(23,12-21)13-25-9-5-3-2-4-6-14-7-8-15(19)10-16(14)20/h7-8,10,23H,2-6,9,11,13H2,1H3. The lowest BCUT2D eigenvalue weighted by molar-refractivity contribution is -0.143. The zero-order valence-electron chi connectivity index (χ0n) is 14.3. The first kappa shape index (κ1) is 21.4. The molecule has 0 aliphatic carbocycles. The number of carbonyl (C=O) groups excluding carboxylic acids is 1. The number of unbranched alkanes of at least 4 members (excludes halogenated alkanes) is 3. The van der Waals surface area contributed by atoms with Gasteiger partial charge in [-0.1, -0.05) is 18.9 Å². The second-order valence-electron chi connectivity index (χ2n) is 5.85. The fourth-order valence-electron chi connectivity index (χ4n) is 2.27. The van der Waals surface area contributed by atoms with Crippen molar-refractivity contribution in [2.75, 3.05) is 18.6 Å². The van der Waals surface area contributed by atoms with Crippen LogP contribution in [0.5, 0.6) is 0 Å². The Kier molecular flexibility index (Phi) is 9.46. The van der Waals surface area contributed by atoms with E-state index in [-0.39, 0.29) is 12.2 Å². The van der Waals surface area contributed by atoms with Crippen molar-refractivity contribution in [3.8, 4) is 6.07 Å². The van der Waals surface area contributed by atoms with Crippen molar-refractivity contribution in [1.29, 1.82) is 5.26 Å². The molecule has 0 aliphatic heterocycles. The Morgan fingerprint density at radius 2 is 2.04 bits per heavy atom. The van der Waals surface area contributed by atoms with Crippen LogP contribution in [0.2, 0.25) is 0 Å². The van der Waals surface area contributed by atoms with Crippen molar-refractivity contribution < 1.29 is 23.4 Å². The summed E-state index contributed by atoms with van der Waals surface area (Å²) in [6.07, 6.45) is 3.82. The lowest BCUT2D eigenvalue weighted by atomic mass is 10.1. The molecule has 0 amide bonds. The third-order valence-corrected chi connectivity index (χ3v) is 4.97. The SMILES string of the molecule is COC(=O)CC(O)(C#N)CSCCCCCCc1ccc(F)cc1F. The Hall–Kier alpha value is -1.65. The minimum absolute atomic E-state index is 0.152. The van der Waals surface area contributed by atoms with Gasteiger partial charge in [0.1, 0.15) is 11.6 Å². The summed E-state index contributed by atoms with van der Waals surface area (Å²) < 4.78 is 30.7. The number of halogens is 2. The molecule has 25 heavy (non-hydrogen) atoms. The van der Waals surface area contributed by atoms with Gasteiger partial charge in [-0.15, -0.1) is 0 Å². The number of methoxy groups -OCH3 is 1. The molecule has 0 fully saturated rings. The third kappa shape index (κ3) is 8.32. The summed E-state index contributed by atoms with van der Waals surface area (Å²) in [6.45, 7) is 0. The van der Waals surface area contributed by atoms with Crippen molar-refractivity contribution in [1.82, 2.24) is 0 Å². The van der Waals surface area contributed by atoms with Crippen LogP contribution in [0.25, 0.3) is 0 Å². The number of thioether (sulfide) groups is 1. The fraction of sp³-hybridized carbons (Fsp3) is 0.556. The Bertz CT molecular complexity index is 606. The summed E-state index contributed by atoms with van der Waals surface area (Å²) in [5.74, 6) is -0.771. The van der Waals surface area contributed by atoms with Gasteiger partial charge in [0, 0.05) is 11.8 Å². The Labute approximate surface area is 151 Å². The van der Waals surface area contributed by atoms with Gasteiger partial charge in [0.25, 0.3) is 0 Å². The van der Waals surface area contributed by atoms with Crippen molar-refractivity contribution >= 4 is 17.7 Å². The molecule has 1 aromatic rings. The largest absolute Gasteiger partial charge is 0.469 e. The molecule has 1 N–H and O–H groups in total. The first-order valence-corrected chi connectivity index (χ1v) is 9.28. The minimum Gasteiger partial charge on any atom is -0.469 e. The van der Waals surface area contributed by atoms with Gasteiger partial charge in [0.05, 0.1) is 19.6 Å². The number of aliphatic hydroxyl groups is 1. The number of rotatable bonds is 11. The highest BCUT2D eigenvalue weighted by Crippen LogP contribution is 2.19. The van der Waals surface area contributed by atoms with E-state index in [0.717, 1.165) is 37.5 Å². The molecular weight excluding hydrogens is 348 g/mol. The lowest BCUT2D eigenvalue weighted by Crippen LogP contribution is -2.33. The van der Waals surface area contributed by atoms with E-state index in [1.807, 2.05) is 0 Å². The van der Waals surface area contributed by atoms with Crippen molar-refractivity contribution in [2.24, 2.45) is 0 Å². The summed E-state index contributed by atoms with van der Waals surface area (Å²) in [6, 6.07) is 5.39. The first-order valence-electron chi connectivity index (χ1n) is 8.12. The molecule has 0 heterocycles. The van der Waals surface area contributed by atoms with E-state index in [1.165, 1.54) is 31.0 Å². The van der Waals surface area contributed by atoms with E-state index in [0.29, 0.717) is 12.0 Å². The number of carbonyl (C=O) groups is 1. The monoisotopic (exact) mass is 371 g/mol. The van der Waals surface area contributed by atoms with E-state index in [4.69, 9.17) is 5.26 Å². The molecule has 1 rings (SSSR count). The number of nitriles is 1. The number of hydrogen-bond acceptors (Lipinski definition) is 5. The molecule has 0 bridgehead atoms. The predicted molar refractivity (Wildman–Crippen MR) is 93.1 cm³/mol. The van der Waals surface area contributed by atoms with E-state index in [1.54, 1.807) is 6.07 Å². The highest BCUT2D eigenvalue weighted by atomic mass is 32.2. The van der Waals surface area contributed by atoms with Gasteiger partial charge in [-0.05, 0) is 36.6 Å². The molecule has 1 unspecified atom stereocenters. The second kappa shape index (κ2) is 11.1. The maximum absolute atomic E-state index is 13.5. The highest BCUT2D eigenvalue weighted by Gasteiger charge is 2.30. The van der Waals surface area contributed by atoms with Crippen LogP contribution in [0.4, 0.5) is 8.78 Å². The maximum Gasteiger partial charge on any atom is 0.309 e. The van der Waals surface area contributed by atoms with Gasteiger partial charge >= 0.3 is 5.97 Å². The average Bonchev–Trinajstić information content (AvgIpc) is 2.58. The maximum atomic E-state index is 13.5. The third-order valence-electron chi connectivity index (χ3n) is 3.71. The molecule has 0 saturated heterocycles. The highest BCUT2D eigenvalue weighted by molar-refractivity contribution is 7.99. The van der Waals surface area contributed by atoms with E-state index in [9.17, 15) is 18.7 Å². The van der Waals surface area contributed by atoms with Crippen LogP contribution in [0.3, 0.4) is 0 Å². The van der Waals surface area contributed by atoms with Crippen LogP contribution in [0, 0.1) is 23.0 Å². The summed E-state index contributed by atoms with van der Waals surface area (Å²) in [4.78, 5) is 11.2. The molecule has 0 spiro atoms. The average molecular weight is 371 g/mol. The fourth-order valence-corrected chi connectivity index (χ4v) is 3.33. The number of nitrogens with zero attached hydrogens (tertiary/aromatic N) is 1. The number of hydrogen-bond donors (Lipinski definition) is 1. The van der Waals surface area contributed by atoms with Crippen LogP contribution in [0.1, 0.15) is 37.7 Å². The second-order valence-corrected chi connectivity index (χ2v) is 6.95. The minimum atomic E-state index is -1.70. The first-order chi connectivity index (χ1) is 11.9. The molecule has 138 valence electrons. The summed E-state index contributed by atoms with van der Waals surface area (Å²) in [5, 5.41) is 19.0. The van der Waals surface area contributed by atoms with Crippen molar-refractivity contribution in [2.45, 2.75) is 44.1 Å². The smallest absolute Gasteiger partial charge is 0.309 e. The Morgan fingerprint density at radius 1 is 1.32 bits per heavy atom. The molecular formula is C18H23F2NO3S. The van der Waals surface area contributed by atoms with Gasteiger partial charge in [-0.2, -0.15) is 17.0 Å². The van der Waals surface area contributed by atoms with Gasteiger partial charge in [0.15, 0.2) is 5.60 Å². The number of ether oxygens (including phenoxy) is 1.